The molecule has 0 saturated heterocycles. The Morgan fingerprint density at radius 3 is 2.78 bits per heavy atom. The van der Waals surface area contributed by atoms with E-state index in [0.717, 1.165) is 23.6 Å². The van der Waals surface area contributed by atoms with Crippen molar-refractivity contribution in [2.45, 2.75) is 44.9 Å². The molecule has 1 aromatic carbocycles. The van der Waals surface area contributed by atoms with Gasteiger partial charge in [-0.2, -0.15) is 4.52 Å². The van der Waals surface area contributed by atoms with E-state index >= 15 is 0 Å². The lowest BCUT2D eigenvalue weighted by Gasteiger charge is -2.16. The summed E-state index contributed by atoms with van der Waals surface area (Å²) in [6.45, 7) is 1.95. The molecule has 5 aromatic rings. The number of carbonyl (C=O) groups is 1. The van der Waals surface area contributed by atoms with Gasteiger partial charge in [0, 0.05) is 23.0 Å². The smallest absolute Gasteiger partial charge is 0.253 e. The SMILES string of the molecule is Cc1cc(-c2nnc3c4ccccc4c(OCc4ccc(C(=O)N[C@H]5CCC[C@@H]5O)cn4)nn23)no1. The Morgan fingerprint density at radius 2 is 2.06 bits per heavy atom. The fourth-order valence-electron chi connectivity index (χ4n) is 4.44. The van der Waals surface area contributed by atoms with Crippen molar-refractivity contribution in [3.8, 4) is 17.4 Å². The molecule has 0 unspecified atom stereocenters. The number of hydrogen-bond donors (Lipinski definition) is 2. The third-order valence-electron chi connectivity index (χ3n) is 6.33. The van der Waals surface area contributed by atoms with E-state index in [1.165, 1.54) is 6.20 Å². The Bertz CT molecular complexity index is 1560. The van der Waals surface area contributed by atoms with Gasteiger partial charge in [0.2, 0.25) is 11.7 Å². The van der Waals surface area contributed by atoms with Crippen LogP contribution in [0, 0.1) is 6.92 Å². The summed E-state index contributed by atoms with van der Waals surface area (Å²) in [5.41, 5.74) is 2.17. The summed E-state index contributed by atoms with van der Waals surface area (Å²) in [7, 11) is 0. The zero-order valence-corrected chi connectivity index (χ0v) is 19.5. The molecule has 2 atom stereocenters. The molecule has 1 aliphatic rings. The molecule has 0 spiro atoms. The second-order valence-corrected chi connectivity index (χ2v) is 8.84. The number of nitrogens with one attached hydrogen (secondary N) is 1. The lowest BCUT2D eigenvalue weighted by atomic mass is 10.2. The summed E-state index contributed by atoms with van der Waals surface area (Å²) >= 11 is 0. The fourth-order valence-corrected chi connectivity index (χ4v) is 4.44. The molecule has 182 valence electrons. The summed E-state index contributed by atoms with van der Waals surface area (Å²) in [5.74, 6) is 1.24. The standard InChI is InChI=1S/C25H23N7O4/c1-14-11-20(31-36-14)23-29-28-22-17-5-2-3-6-18(17)25(30-32(22)23)35-13-16-10-9-15(12-26-16)24(34)27-19-7-4-8-21(19)33/h2-3,5-6,9-12,19,21,33H,4,7-8,13H2,1H3,(H,27,34)/t19-,21-/m0/s1. The second kappa shape index (κ2) is 9.00. The average molecular weight is 486 g/mol. The Morgan fingerprint density at radius 1 is 1.19 bits per heavy atom. The van der Waals surface area contributed by atoms with Crippen LogP contribution in [-0.4, -0.2) is 53.1 Å². The molecule has 2 N–H and O–H groups in total. The van der Waals surface area contributed by atoms with Gasteiger partial charge in [0.05, 0.1) is 23.4 Å². The van der Waals surface area contributed by atoms with E-state index in [1.807, 2.05) is 24.3 Å². The van der Waals surface area contributed by atoms with Gasteiger partial charge in [-0.1, -0.05) is 23.4 Å². The Balaban J connectivity index is 1.25. The Labute approximate surface area is 205 Å². The van der Waals surface area contributed by atoms with Gasteiger partial charge in [-0.05, 0) is 44.4 Å². The molecular formula is C25H23N7O4. The van der Waals surface area contributed by atoms with Gasteiger partial charge in [0.15, 0.2) is 11.3 Å². The molecular weight excluding hydrogens is 462 g/mol. The van der Waals surface area contributed by atoms with Gasteiger partial charge < -0.3 is 19.7 Å². The Hall–Kier alpha value is -4.38. The summed E-state index contributed by atoms with van der Waals surface area (Å²) in [5, 5.41) is 31.7. The molecule has 4 aromatic heterocycles. The van der Waals surface area contributed by atoms with Crippen LogP contribution in [0.1, 0.15) is 41.1 Å². The molecule has 1 amide bonds. The molecule has 1 fully saturated rings. The van der Waals surface area contributed by atoms with Crippen molar-refractivity contribution < 1.29 is 19.2 Å². The number of amides is 1. The van der Waals surface area contributed by atoms with Crippen LogP contribution in [0.5, 0.6) is 5.88 Å². The van der Waals surface area contributed by atoms with Gasteiger partial charge in [-0.25, -0.2) is 0 Å². The van der Waals surface area contributed by atoms with E-state index in [2.05, 4.69) is 30.8 Å². The number of aryl methyl sites for hydroxylation is 1. The Kier molecular flexibility index (Phi) is 5.53. The number of benzene rings is 1. The summed E-state index contributed by atoms with van der Waals surface area (Å²) in [6, 6.07) is 12.6. The van der Waals surface area contributed by atoms with Crippen LogP contribution in [0.15, 0.2) is 53.2 Å². The van der Waals surface area contributed by atoms with Gasteiger partial charge >= 0.3 is 0 Å². The van der Waals surface area contributed by atoms with E-state index in [1.54, 1.807) is 29.6 Å². The molecule has 0 aliphatic heterocycles. The van der Waals surface area contributed by atoms with E-state index in [0.29, 0.717) is 46.5 Å². The third-order valence-corrected chi connectivity index (χ3v) is 6.33. The van der Waals surface area contributed by atoms with Crippen molar-refractivity contribution in [3.63, 3.8) is 0 Å². The highest BCUT2D eigenvalue weighted by Gasteiger charge is 2.27. The first-order valence-electron chi connectivity index (χ1n) is 11.7. The van der Waals surface area contributed by atoms with Crippen molar-refractivity contribution in [2.75, 3.05) is 0 Å². The number of aliphatic hydroxyl groups is 1. The molecule has 11 nitrogen and oxygen atoms in total. The topological polar surface area (TPSA) is 141 Å². The van der Waals surface area contributed by atoms with E-state index in [9.17, 15) is 9.90 Å². The first-order valence-corrected chi connectivity index (χ1v) is 11.7. The number of nitrogens with zero attached hydrogens (tertiary/aromatic N) is 6. The maximum atomic E-state index is 12.5. The summed E-state index contributed by atoms with van der Waals surface area (Å²) < 4.78 is 12.9. The normalized spacial score (nSPS) is 17.6. The summed E-state index contributed by atoms with van der Waals surface area (Å²) in [6.07, 6.45) is 3.41. The zero-order valence-electron chi connectivity index (χ0n) is 19.5. The van der Waals surface area contributed by atoms with Crippen molar-refractivity contribution in [1.29, 1.82) is 0 Å². The monoisotopic (exact) mass is 485 g/mol. The minimum atomic E-state index is -0.492. The van der Waals surface area contributed by atoms with Gasteiger partial charge in [0.1, 0.15) is 12.4 Å². The molecule has 0 bridgehead atoms. The van der Waals surface area contributed by atoms with E-state index < -0.39 is 6.10 Å². The summed E-state index contributed by atoms with van der Waals surface area (Å²) in [4.78, 5) is 16.9. The quantitative estimate of drug-likeness (QED) is 0.371. The number of pyridine rings is 1. The molecule has 36 heavy (non-hydrogen) atoms. The van der Waals surface area contributed by atoms with E-state index in [-0.39, 0.29) is 18.6 Å². The minimum Gasteiger partial charge on any atom is -0.470 e. The first kappa shape index (κ1) is 22.1. The van der Waals surface area contributed by atoms with Crippen LogP contribution in [0.4, 0.5) is 0 Å². The largest absolute Gasteiger partial charge is 0.470 e. The van der Waals surface area contributed by atoms with Crippen molar-refractivity contribution in [3.05, 3.63) is 65.7 Å². The van der Waals surface area contributed by atoms with Crippen LogP contribution in [0.25, 0.3) is 27.9 Å². The maximum Gasteiger partial charge on any atom is 0.253 e. The number of rotatable bonds is 6. The lowest BCUT2D eigenvalue weighted by Crippen LogP contribution is -2.39. The van der Waals surface area contributed by atoms with Crippen LogP contribution in [0.2, 0.25) is 0 Å². The molecule has 6 rings (SSSR count). The minimum absolute atomic E-state index is 0.145. The number of hydrogen-bond acceptors (Lipinski definition) is 9. The van der Waals surface area contributed by atoms with Gasteiger partial charge in [0.25, 0.3) is 5.91 Å². The first-order chi connectivity index (χ1) is 17.6. The highest BCUT2D eigenvalue weighted by molar-refractivity contribution is 5.97. The molecule has 0 radical (unpaired) electrons. The van der Waals surface area contributed by atoms with Gasteiger partial charge in [-0.3, -0.25) is 9.78 Å². The van der Waals surface area contributed by atoms with Gasteiger partial charge in [-0.15, -0.1) is 15.3 Å². The highest BCUT2D eigenvalue weighted by Crippen LogP contribution is 2.29. The average Bonchev–Trinajstić information content (AvgIpc) is 3.63. The molecule has 4 heterocycles. The van der Waals surface area contributed by atoms with Crippen molar-refractivity contribution >= 4 is 22.3 Å². The maximum absolute atomic E-state index is 12.5. The number of aliphatic hydroxyl groups excluding tert-OH is 1. The van der Waals surface area contributed by atoms with Crippen LogP contribution < -0.4 is 10.1 Å². The van der Waals surface area contributed by atoms with Crippen LogP contribution in [0.3, 0.4) is 0 Å². The highest BCUT2D eigenvalue weighted by atomic mass is 16.5. The van der Waals surface area contributed by atoms with Crippen molar-refractivity contribution in [2.24, 2.45) is 0 Å². The number of aromatic nitrogens is 6. The number of carbonyl (C=O) groups excluding carboxylic acids is 1. The van der Waals surface area contributed by atoms with Crippen molar-refractivity contribution in [1.82, 2.24) is 35.3 Å². The third kappa shape index (κ3) is 4.03. The second-order valence-electron chi connectivity index (χ2n) is 8.84. The predicted octanol–water partition coefficient (Wildman–Crippen LogP) is 2.86. The molecule has 11 heteroatoms. The van der Waals surface area contributed by atoms with Crippen LogP contribution in [-0.2, 0) is 6.61 Å². The molecule has 1 saturated carbocycles. The number of ether oxygens (including phenoxy) is 1. The van der Waals surface area contributed by atoms with Crippen LogP contribution >= 0.6 is 0 Å². The number of fused-ring (bicyclic) bond motifs is 3. The predicted molar refractivity (Wildman–Crippen MR) is 128 cm³/mol. The zero-order chi connectivity index (χ0) is 24.6. The molecule has 1 aliphatic carbocycles. The lowest BCUT2D eigenvalue weighted by molar-refractivity contribution is 0.0873. The fraction of sp³-hybridized carbons (Fsp3) is 0.280. The van der Waals surface area contributed by atoms with E-state index in [4.69, 9.17) is 9.26 Å².